The number of hydrogen-bond acceptors (Lipinski definition) is 2. The molecular weight excluding hydrogens is 233 g/mol. The van der Waals surface area contributed by atoms with Crippen molar-refractivity contribution in [3.05, 3.63) is 0 Å². The van der Waals surface area contributed by atoms with Gasteiger partial charge >= 0.3 is 6.18 Å². The molecule has 0 bridgehead atoms. The van der Waals surface area contributed by atoms with E-state index < -0.39 is 18.1 Å². The highest BCUT2D eigenvalue weighted by Crippen LogP contribution is 2.23. The predicted molar refractivity (Wildman–Crippen MR) is 58.6 cm³/mol. The van der Waals surface area contributed by atoms with Gasteiger partial charge in [0.15, 0.2) is 0 Å². The van der Waals surface area contributed by atoms with Crippen LogP contribution in [0.1, 0.15) is 39.0 Å². The van der Waals surface area contributed by atoms with Crippen LogP contribution in [-0.4, -0.2) is 30.7 Å². The molecule has 1 amide bonds. The lowest BCUT2D eigenvalue weighted by Crippen LogP contribution is -2.53. The van der Waals surface area contributed by atoms with Crippen LogP contribution >= 0.6 is 0 Å². The quantitative estimate of drug-likeness (QED) is 0.735. The van der Waals surface area contributed by atoms with Gasteiger partial charge in [0, 0.05) is 13.0 Å². The fourth-order valence-corrected chi connectivity index (χ4v) is 2.12. The molecule has 0 aliphatic carbocycles. The first kappa shape index (κ1) is 14.3. The normalized spacial score (nSPS) is 24.9. The van der Waals surface area contributed by atoms with Gasteiger partial charge in [-0.25, -0.2) is 0 Å². The number of halogens is 3. The molecule has 1 fully saturated rings. The van der Waals surface area contributed by atoms with Crippen LogP contribution < -0.4 is 10.6 Å². The molecular formula is C11H19F3N2O. The van der Waals surface area contributed by atoms with Crippen molar-refractivity contribution in [1.29, 1.82) is 0 Å². The molecule has 0 aromatic rings. The predicted octanol–water partition coefficient (Wildman–Crippen LogP) is 1.98. The van der Waals surface area contributed by atoms with Gasteiger partial charge in [-0.15, -0.1) is 0 Å². The van der Waals surface area contributed by atoms with Crippen molar-refractivity contribution in [3.8, 4) is 0 Å². The first-order valence-corrected chi connectivity index (χ1v) is 6.00. The number of hydrogen-bond donors (Lipinski definition) is 2. The van der Waals surface area contributed by atoms with Gasteiger partial charge < -0.3 is 10.6 Å². The maximum Gasteiger partial charge on any atom is 0.389 e. The molecule has 0 spiro atoms. The zero-order chi connectivity index (χ0) is 12.9. The topological polar surface area (TPSA) is 41.1 Å². The van der Waals surface area contributed by atoms with Crippen molar-refractivity contribution in [2.75, 3.05) is 13.1 Å². The summed E-state index contributed by atoms with van der Waals surface area (Å²) >= 11 is 0. The fourth-order valence-electron chi connectivity index (χ4n) is 2.12. The second-order valence-electron chi connectivity index (χ2n) is 4.44. The Morgan fingerprint density at radius 1 is 1.47 bits per heavy atom. The summed E-state index contributed by atoms with van der Waals surface area (Å²) in [5.74, 6) is -0.167. The van der Waals surface area contributed by atoms with Crippen LogP contribution in [0, 0.1) is 0 Å². The lowest BCUT2D eigenvalue weighted by Gasteiger charge is -2.26. The summed E-state index contributed by atoms with van der Waals surface area (Å²) in [5, 5.41) is 5.73. The molecule has 1 unspecified atom stereocenters. The largest absolute Gasteiger partial charge is 0.389 e. The van der Waals surface area contributed by atoms with E-state index in [0.29, 0.717) is 6.42 Å². The number of carbonyl (C=O) groups excluding carboxylic acids is 1. The molecule has 0 aromatic heterocycles. The molecule has 1 rings (SSSR count). The number of carbonyl (C=O) groups is 1. The van der Waals surface area contributed by atoms with Crippen LogP contribution in [0.4, 0.5) is 13.2 Å². The molecule has 2 N–H and O–H groups in total. The molecule has 6 heteroatoms. The lowest BCUT2D eigenvalue weighted by molar-refractivity contribution is -0.137. The number of rotatable bonds is 5. The number of nitrogens with one attached hydrogen (secondary N) is 2. The van der Waals surface area contributed by atoms with Crippen LogP contribution in [0.2, 0.25) is 0 Å². The van der Waals surface area contributed by atoms with E-state index in [1.54, 1.807) is 0 Å². The van der Waals surface area contributed by atoms with Gasteiger partial charge in [-0.3, -0.25) is 4.79 Å². The summed E-state index contributed by atoms with van der Waals surface area (Å²) in [6.45, 7) is 2.79. The van der Waals surface area contributed by atoms with Gasteiger partial charge in [0.2, 0.25) is 5.91 Å². The van der Waals surface area contributed by atoms with Gasteiger partial charge in [-0.05, 0) is 32.2 Å². The van der Waals surface area contributed by atoms with Gasteiger partial charge in [0.25, 0.3) is 0 Å². The Kier molecular flexibility index (Phi) is 4.80. The first-order valence-electron chi connectivity index (χ1n) is 6.00. The third-order valence-electron chi connectivity index (χ3n) is 3.20. The van der Waals surface area contributed by atoms with Gasteiger partial charge in [0.1, 0.15) is 0 Å². The standard InChI is InChI=1S/C11H19F3N2O/c1-2-10(5-3-8-16-10)9(17)15-7-4-6-11(12,13)14/h16H,2-8H2,1H3,(H,15,17). The Labute approximate surface area is 99.1 Å². The van der Waals surface area contributed by atoms with E-state index in [0.717, 1.165) is 19.4 Å². The Morgan fingerprint density at radius 2 is 2.18 bits per heavy atom. The van der Waals surface area contributed by atoms with Crippen molar-refractivity contribution in [3.63, 3.8) is 0 Å². The molecule has 1 aliphatic heterocycles. The van der Waals surface area contributed by atoms with Crippen LogP contribution in [0.3, 0.4) is 0 Å². The smallest absolute Gasteiger partial charge is 0.354 e. The molecule has 3 nitrogen and oxygen atoms in total. The van der Waals surface area contributed by atoms with E-state index in [1.165, 1.54) is 0 Å². The summed E-state index contributed by atoms with van der Waals surface area (Å²) < 4.78 is 35.7. The zero-order valence-electron chi connectivity index (χ0n) is 9.99. The monoisotopic (exact) mass is 252 g/mol. The average Bonchev–Trinajstić information content (AvgIpc) is 2.72. The van der Waals surface area contributed by atoms with E-state index in [2.05, 4.69) is 10.6 Å². The molecule has 1 heterocycles. The van der Waals surface area contributed by atoms with Gasteiger partial charge in [-0.2, -0.15) is 13.2 Å². The summed E-state index contributed by atoms with van der Waals surface area (Å²) in [7, 11) is 0. The average molecular weight is 252 g/mol. The highest BCUT2D eigenvalue weighted by molar-refractivity contribution is 5.86. The molecule has 100 valence electrons. The maximum absolute atomic E-state index is 11.9. The minimum atomic E-state index is -4.14. The van der Waals surface area contributed by atoms with Gasteiger partial charge in [-0.1, -0.05) is 6.92 Å². The Morgan fingerprint density at radius 3 is 2.65 bits per heavy atom. The van der Waals surface area contributed by atoms with E-state index >= 15 is 0 Å². The minimum absolute atomic E-state index is 0.0605. The zero-order valence-corrected chi connectivity index (χ0v) is 9.99. The molecule has 1 aliphatic rings. The molecule has 0 saturated carbocycles. The van der Waals surface area contributed by atoms with Crippen molar-refractivity contribution in [1.82, 2.24) is 10.6 Å². The lowest BCUT2D eigenvalue weighted by atomic mass is 9.93. The molecule has 0 radical (unpaired) electrons. The third kappa shape index (κ3) is 4.18. The van der Waals surface area contributed by atoms with Crippen LogP contribution in [0.5, 0.6) is 0 Å². The second-order valence-corrected chi connectivity index (χ2v) is 4.44. The maximum atomic E-state index is 11.9. The van der Waals surface area contributed by atoms with Crippen LogP contribution in [0.25, 0.3) is 0 Å². The summed E-state index contributed by atoms with van der Waals surface area (Å²) in [6, 6.07) is 0. The molecule has 1 atom stereocenters. The Balaban J connectivity index is 2.29. The summed E-state index contributed by atoms with van der Waals surface area (Å²) in [5.41, 5.74) is -0.557. The van der Waals surface area contributed by atoms with E-state index in [4.69, 9.17) is 0 Å². The Hall–Kier alpha value is -0.780. The number of alkyl halides is 3. The van der Waals surface area contributed by atoms with Crippen molar-refractivity contribution >= 4 is 5.91 Å². The van der Waals surface area contributed by atoms with Crippen molar-refractivity contribution in [2.45, 2.75) is 50.7 Å². The van der Waals surface area contributed by atoms with Crippen LogP contribution in [0.15, 0.2) is 0 Å². The molecule has 17 heavy (non-hydrogen) atoms. The molecule has 1 saturated heterocycles. The van der Waals surface area contributed by atoms with E-state index in [1.807, 2.05) is 6.92 Å². The fraction of sp³-hybridized carbons (Fsp3) is 0.909. The van der Waals surface area contributed by atoms with Crippen molar-refractivity contribution in [2.24, 2.45) is 0 Å². The minimum Gasteiger partial charge on any atom is -0.354 e. The van der Waals surface area contributed by atoms with Crippen LogP contribution in [-0.2, 0) is 4.79 Å². The van der Waals surface area contributed by atoms with Crippen molar-refractivity contribution < 1.29 is 18.0 Å². The van der Waals surface area contributed by atoms with E-state index in [-0.39, 0.29) is 18.9 Å². The summed E-state index contributed by atoms with van der Waals surface area (Å²) in [4.78, 5) is 11.9. The number of amides is 1. The Bertz CT molecular complexity index is 260. The second kappa shape index (κ2) is 5.71. The van der Waals surface area contributed by atoms with E-state index in [9.17, 15) is 18.0 Å². The molecule has 0 aromatic carbocycles. The SMILES string of the molecule is CCC1(C(=O)NCCCC(F)(F)F)CCCN1. The highest BCUT2D eigenvalue weighted by Gasteiger charge is 2.38. The summed E-state index contributed by atoms with van der Waals surface area (Å²) in [6.07, 6.45) is -2.69. The highest BCUT2D eigenvalue weighted by atomic mass is 19.4. The first-order chi connectivity index (χ1) is 7.90. The third-order valence-corrected chi connectivity index (χ3v) is 3.20. The van der Waals surface area contributed by atoms with Gasteiger partial charge in [0.05, 0.1) is 5.54 Å².